The number of amides is 6. The molecule has 0 aromatic heterocycles. The molecule has 6 aliphatic rings. The third kappa shape index (κ3) is 9.31. The van der Waals surface area contributed by atoms with Crippen LogP contribution >= 0.6 is 46.7 Å². The van der Waals surface area contributed by atoms with E-state index in [1.54, 1.807) is 38.1 Å². The van der Waals surface area contributed by atoms with Gasteiger partial charge in [0.15, 0.2) is 11.1 Å². The highest BCUT2D eigenvalue weighted by molar-refractivity contribution is 8.16. The maximum atomic E-state index is 13.9. The number of halogens is 2. The second-order valence-electron chi connectivity index (χ2n) is 19.2. The van der Waals surface area contributed by atoms with Crippen molar-refractivity contribution >= 4 is 92.2 Å². The maximum absolute atomic E-state index is 13.9. The molecule has 0 saturated carbocycles. The first-order valence-corrected chi connectivity index (χ1v) is 28.0. The van der Waals surface area contributed by atoms with E-state index in [0.717, 1.165) is 45.8 Å². The van der Waals surface area contributed by atoms with Gasteiger partial charge in [-0.05, 0) is 99.0 Å². The largest absolute Gasteiger partial charge is 0.324 e. The number of likely N-dealkylation sites (tertiary alicyclic amines) is 2. The molecule has 0 aliphatic carbocycles. The van der Waals surface area contributed by atoms with Gasteiger partial charge in [0.2, 0.25) is 11.8 Å². The molecule has 6 atom stereocenters. The van der Waals surface area contributed by atoms with E-state index in [1.165, 1.54) is 9.80 Å². The molecule has 4 fully saturated rings. The summed E-state index contributed by atoms with van der Waals surface area (Å²) in [5.74, 6) is -1.89. The van der Waals surface area contributed by atoms with E-state index in [1.807, 2.05) is 206 Å². The van der Waals surface area contributed by atoms with Crippen molar-refractivity contribution < 1.29 is 28.8 Å². The predicted octanol–water partition coefficient (Wildman–Crippen LogP) is 12.4. The van der Waals surface area contributed by atoms with Crippen LogP contribution in [0, 0.1) is 0 Å². The number of rotatable bonds is 4. The number of thioether (sulfide) groups is 2. The van der Waals surface area contributed by atoms with Crippen LogP contribution in [-0.2, 0) is 30.3 Å². The first-order valence-electron chi connectivity index (χ1n) is 25.6. The fourth-order valence-electron chi connectivity index (χ4n) is 11.8. The van der Waals surface area contributed by atoms with Gasteiger partial charge in [-0.3, -0.25) is 48.4 Å². The zero-order valence-corrected chi connectivity index (χ0v) is 46.6. The summed E-state index contributed by atoms with van der Waals surface area (Å²) >= 11 is 14.2. The Morgan fingerprint density at radius 3 is 0.987 bits per heavy atom. The second kappa shape index (κ2) is 23.5. The van der Waals surface area contributed by atoms with E-state index in [-0.39, 0.29) is 59.0 Å². The van der Waals surface area contributed by atoms with Gasteiger partial charge in [0.1, 0.15) is 9.49 Å². The normalized spacial score (nSPS) is 25.4. The highest BCUT2D eigenvalue weighted by Gasteiger charge is 2.79. The number of likely N-dealkylation sites (N-methyl/N-ethyl adjacent to an activating group) is 2. The number of carbonyl (C=O) groups is 6. The van der Waals surface area contributed by atoms with Crippen LogP contribution in [0.2, 0.25) is 10.0 Å². The molecule has 0 unspecified atom stereocenters. The molecule has 2 N–H and O–H groups in total. The van der Waals surface area contributed by atoms with E-state index in [2.05, 4.69) is 10.6 Å². The maximum Gasteiger partial charge on any atom is 0.289 e. The third-order valence-electron chi connectivity index (χ3n) is 15.1. The van der Waals surface area contributed by atoms with Gasteiger partial charge < -0.3 is 10.6 Å². The molecule has 0 bridgehead atoms. The molecule has 398 valence electrons. The smallest absolute Gasteiger partial charge is 0.289 e. The second-order valence-corrected chi connectivity index (χ2v) is 22.4. The lowest BCUT2D eigenvalue weighted by atomic mass is 9.72. The SMILES string of the molecule is CCN1C(=O)S[C@@]2(C1=O)[C@@H](c1ccc(Cl)cc1)CN(C)[C@@]21C(=O)Nc2ccccc21.CCN1C(=O)S[C@]2(C1=O)[C@H](c1ccc(Cl)cc1)CN(C)[C@]21C(=O)Nc2ccccc21.c1ccccc1.c1ccccc1.c1ccccc1. The number of carbonyl (C=O) groups excluding carboxylic acids is 6. The number of anilines is 2. The Morgan fingerprint density at radius 2 is 0.718 bits per heavy atom. The fraction of sp³-hybridized carbons (Fsp3) is 0.226. The number of hydrogen-bond acceptors (Lipinski definition) is 10. The first kappa shape index (κ1) is 55.7. The zero-order valence-electron chi connectivity index (χ0n) is 43.4. The average molecular weight is 1120 g/mol. The van der Waals surface area contributed by atoms with E-state index >= 15 is 0 Å². The summed E-state index contributed by atoms with van der Waals surface area (Å²) in [5.41, 5.74) is 2.03. The number of hydrogen-bond donors (Lipinski definition) is 2. The lowest BCUT2D eigenvalue weighted by molar-refractivity contribution is -0.138. The van der Waals surface area contributed by atoms with Crippen molar-refractivity contribution in [2.45, 2.75) is 46.3 Å². The monoisotopic (exact) mass is 1120 g/mol. The van der Waals surface area contributed by atoms with Gasteiger partial charge in [-0.1, -0.05) is 193 Å². The van der Waals surface area contributed by atoms with Crippen LogP contribution < -0.4 is 10.6 Å². The van der Waals surface area contributed by atoms with Crippen molar-refractivity contribution in [1.82, 2.24) is 19.6 Å². The Bertz CT molecular complexity index is 2980. The van der Waals surface area contributed by atoms with Gasteiger partial charge in [0, 0.05) is 70.6 Å². The van der Waals surface area contributed by atoms with Crippen LogP contribution in [0.1, 0.15) is 47.9 Å². The van der Waals surface area contributed by atoms with Crippen molar-refractivity contribution in [1.29, 1.82) is 0 Å². The lowest BCUT2D eigenvalue weighted by Gasteiger charge is -2.41. The van der Waals surface area contributed by atoms with Gasteiger partial charge in [-0.2, -0.15) is 0 Å². The van der Waals surface area contributed by atoms with Crippen LogP contribution in [0.5, 0.6) is 0 Å². The van der Waals surface area contributed by atoms with Crippen LogP contribution in [0.15, 0.2) is 206 Å². The van der Waals surface area contributed by atoms with Crippen LogP contribution in [0.3, 0.4) is 0 Å². The van der Waals surface area contributed by atoms with Gasteiger partial charge in [-0.25, -0.2) is 0 Å². The number of fused-ring (bicyclic) bond motifs is 6. The molecule has 78 heavy (non-hydrogen) atoms. The summed E-state index contributed by atoms with van der Waals surface area (Å²) in [5, 5.41) is 6.49. The van der Waals surface area contributed by atoms with E-state index in [9.17, 15) is 28.8 Å². The van der Waals surface area contributed by atoms with Crippen molar-refractivity contribution in [3.63, 3.8) is 0 Å². The molecule has 12 nitrogen and oxygen atoms in total. The molecule has 0 radical (unpaired) electrons. The van der Waals surface area contributed by atoms with Crippen LogP contribution in [-0.4, -0.2) is 103 Å². The number of nitrogens with zero attached hydrogens (tertiary/aromatic N) is 4. The van der Waals surface area contributed by atoms with E-state index in [0.29, 0.717) is 34.5 Å². The lowest BCUT2D eigenvalue weighted by Crippen LogP contribution is -2.61. The Morgan fingerprint density at radius 1 is 0.436 bits per heavy atom. The molecule has 4 spiro atoms. The van der Waals surface area contributed by atoms with Crippen molar-refractivity contribution in [3.05, 3.63) is 239 Å². The minimum Gasteiger partial charge on any atom is -0.324 e. The highest BCUT2D eigenvalue weighted by atomic mass is 35.5. The molecular formula is C62H58Cl2N6O6S2. The van der Waals surface area contributed by atoms with Gasteiger partial charge in [-0.15, -0.1) is 0 Å². The Hall–Kier alpha value is -7.04. The van der Waals surface area contributed by atoms with Crippen LogP contribution in [0.25, 0.3) is 0 Å². The molecule has 6 heterocycles. The van der Waals surface area contributed by atoms with E-state index in [4.69, 9.17) is 23.2 Å². The summed E-state index contributed by atoms with van der Waals surface area (Å²) in [7, 11) is 3.71. The summed E-state index contributed by atoms with van der Waals surface area (Å²) < 4.78 is -2.61. The molecular weight excluding hydrogens is 1060 g/mol. The highest BCUT2D eigenvalue weighted by Crippen LogP contribution is 2.67. The summed E-state index contributed by atoms with van der Waals surface area (Å²) in [6.07, 6.45) is 0. The summed E-state index contributed by atoms with van der Waals surface area (Å²) in [6.45, 7) is 4.99. The minimum atomic E-state index is -1.31. The van der Waals surface area contributed by atoms with E-state index < -0.39 is 20.6 Å². The molecule has 7 aromatic carbocycles. The number of imide groups is 2. The topological polar surface area (TPSA) is 139 Å². The first-order chi connectivity index (χ1) is 37.7. The Labute approximate surface area is 473 Å². The number of para-hydroxylation sites is 2. The number of nitrogens with one attached hydrogen (secondary N) is 2. The van der Waals surface area contributed by atoms with Crippen LogP contribution in [0.4, 0.5) is 21.0 Å². The molecule has 16 heteroatoms. The average Bonchev–Trinajstić information content (AvgIpc) is 2.80. The quantitative estimate of drug-likeness (QED) is 0.175. The Kier molecular flexibility index (Phi) is 16.8. The van der Waals surface area contributed by atoms with Gasteiger partial charge >= 0.3 is 0 Å². The molecule has 6 amide bonds. The Balaban J connectivity index is 0.000000143. The van der Waals surface area contributed by atoms with Gasteiger partial charge in [0.25, 0.3) is 22.3 Å². The molecule has 4 saturated heterocycles. The minimum absolute atomic E-state index is 0.267. The van der Waals surface area contributed by atoms with Crippen molar-refractivity contribution in [2.75, 3.05) is 50.9 Å². The molecule has 13 rings (SSSR count). The van der Waals surface area contributed by atoms with Crippen molar-refractivity contribution in [2.24, 2.45) is 0 Å². The van der Waals surface area contributed by atoms with Gasteiger partial charge in [0.05, 0.1) is 0 Å². The number of benzene rings is 7. The fourth-order valence-corrected chi connectivity index (χ4v) is 15.4. The summed E-state index contributed by atoms with van der Waals surface area (Å²) in [4.78, 5) is 87.5. The van der Waals surface area contributed by atoms with Crippen molar-refractivity contribution in [3.8, 4) is 0 Å². The molecule has 7 aromatic rings. The predicted molar refractivity (Wildman–Crippen MR) is 313 cm³/mol. The summed E-state index contributed by atoms with van der Waals surface area (Å²) in [6, 6.07) is 65.5. The third-order valence-corrected chi connectivity index (χ3v) is 18.6. The zero-order chi connectivity index (χ0) is 55.2. The standard InChI is InChI=1S/2C22H20ClN3O3S.3C6H6/c2*1-3-26-19(28)22(30-20(26)29)16(13-8-10-14(23)11-9-13)12-25(2)21(22)15-6-4-5-7-17(15)24-18(21)27;3*1-2-4-6-5-3-1/h2*4-11,16H,3,12H2,1-2H3,(H,24,27);3*1-6H/t2*16-,21+,22-;;;/m10.../s1. The molecule has 6 aliphatic heterocycles.